The lowest BCUT2D eigenvalue weighted by Crippen LogP contribution is -2.50. The highest BCUT2D eigenvalue weighted by Crippen LogP contribution is 2.35. The lowest BCUT2D eigenvalue weighted by Gasteiger charge is -2.30. The molecule has 1 aromatic rings. The Hall–Kier alpha value is -2.35. The summed E-state index contributed by atoms with van der Waals surface area (Å²) < 4.78 is 15.5. The van der Waals surface area contributed by atoms with Crippen molar-refractivity contribution in [2.45, 2.75) is 44.2 Å². The maximum atomic E-state index is 12.3. The number of methoxy groups -OCH3 is 2. The summed E-state index contributed by atoms with van der Waals surface area (Å²) in [6, 6.07) is 2.69. The molecule has 24 heavy (non-hydrogen) atoms. The number of rotatable bonds is 6. The Morgan fingerprint density at radius 2 is 1.79 bits per heavy atom. The molecule has 0 amide bonds. The molecular weight excluding hydrogens is 316 g/mol. The van der Waals surface area contributed by atoms with E-state index in [0.29, 0.717) is 18.6 Å². The van der Waals surface area contributed by atoms with Crippen molar-refractivity contribution in [3.05, 3.63) is 27.8 Å². The summed E-state index contributed by atoms with van der Waals surface area (Å²) in [4.78, 5) is 23.0. The van der Waals surface area contributed by atoms with Gasteiger partial charge in [0.25, 0.3) is 5.69 Å². The molecule has 0 heterocycles. The first-order valence-electron chi connectivity index (χ1n) is 7.76. The summed E-state index contributed by atoms with van der Waals surface area (Å²) in [5.74, 6) is 0.0439. The lowest BCUT2D eigenvalue weighted by atomic mass is 9.83. The van der Waals surface area contributed by atoms with Gasteiger partial charge >= 0.3 is 5.97 Å². The third-order valence-electron chi connectivity index (χ3n) is 4.29. The minimum absolute atomic E-state index is 0.199. The summed E-state index contributed by atoms with van der Waals surface area (Å²) in [6.45, 7) is -0.242. The first-order chi connectivity index (χ1) is 11.4. The fourth-order valence-corrected chi connectivity index (χ4v) is 2.87. The predicted octanol–water partition coefficient (Wildman–Crippen LogP) is 2.32. The molecule has 0 bridgehead atoms. The van der Waals surface area contributed by atoms with Gasteiger partial charge in [0.2, 0.25) is 0 Å². The number of esters is 1. The van der Waals surface area contributed by atoms with Crippen LogP contribution in [0.25, 0.3) is 0 Å². The van der Waals surface area contributed by atoms with Crippen LogP contribution in [-0.4, -0.2) is 30.7 Å². The Morgan fingerprint density at radius 1 is 1.21 bits per heavy atom. The fourth-order valence-electron chi connectivity index (χ4n) is 2.87. The molecule has 0 spiro atoms. The van der Waals surface area contributed by atoms with Gasteiger partial charge in [0.15, 0.2) is 11.5 Å². The van der Waals surface area contributed by atoms with Crippen LogP contribution >= 0.6 is 0 Å². The van der Waals surface area contributed by atoms with Gasteiger partial charge in [-0.1, -0.05) is 19.3 Å². The van der Waals surface area contributed by atoms with E-state index in [1.807, 2.05) is 0 Å². The maximum absolute atomic E-state index is 12.3. The Balaban J connectivity index is 2.19. The molecule has 132 valence electrons. The number of hydrogen-bond donors (Lipinski definition) is 1. The minimum atomic E-state index is -0.996. The van der Waals surface area contributed by atoms with Gasteiger partial charge in [0.05, 0.1) is 30.8 Å². The van der Waals surface area contributed by atoms with Crippen molar-refractivity contribution in [3.63, 3.8) is 0 Å². The van der Waals surface area contributed by atoms with Gasteiger partial charge in [0, 0.05) is 0 Å². The Morgan fingerprint density at radius 3 is 2.33 bits per heavy atom. The van der Waals surface area contributed by atoms with Crippen LogP contribution in [0, 0.1) is 10.1 Å². The van der Waals surface area contributed by atoms with Crippen molar-refractivity contribution in [1.29, 1.82) is 0 Å². The van der Waals surface area contributed by atoms with Crippen LogP contribution in [0.3, 0.4) is 0 Å². The number of ether oxygens (including phenoxy) is 3. The quantitative estimate of drug-likeness (QED) is 0.481. The molecule has 0 radical (unpaired) electrons. The molecular formula is C16H22N2O6. The largest absolute Gasteiger partial charge is 0.493 e. The summed E-state index contributed by atoms with van der Waals surface area (Å²) >= 11 is 0. The van der Waals surface area contributed by atoms with Crippen LogP contribution < -0.4 is 15.2 Å². The van der Waals surface area contributed by atoms with Gasteiger partial charge < -0.3 is 19.9 Å². The highest BCUT2D eigenvalue weighted by Gasteiger charge is 2.37. The first-order valence-corrected chi connectivity index (χ1v) is 7.76. The molecule has 8 heteroatoms. The SMILES string of the molecule is COc1cc(COC(=O)C2(N)CCCCC2)c([N+](=O)[O-])cc1OC. The van der Waals surface area contributed by atoms with Crippen molar-refractivity contribution in [2.24, 2.45) is 5.73 Å². The summed E-state index contributed by atoms with van der Waals surface area (Å²) in [6.07, 6.45) is 3.94. The van der Waals surface area contributed by atoms with Gasteiger partial charge in [0.1, 0.15) is 12.1 Å². The third kappa shape index (κ3) is 3.76. The lowest BCUT2D eigenvalue weighted by molar-refractivity contribution is -0.385. The third-order valence-corrected chi connectivity index (χ3v) is 4.29. The molecule has 8 nitrogen and oxygen atoms in total. The zero-order valence-electron chi connectivity index (χ0n) is 13.9. The normalized spacial score (nSPS) is 16.3. The molecule has 1 aliphatic carbocycles. The number of nitro groups is 1. The summed E-state index contributed by atoms with van der Waals surface area (Å²) in [7, 11) is 2.82. The zero-order valence-corrected chi connectivity index (χ0v) is 13.9. The molecule has 0 atom stereocenters. The average Bonchev–Trinajstić information content (AvgIpc) is 2.59. The number of benzene rings is 1. The van der Waals surface area contributed by atoms with E-state index < -0.39 is 16.4 Å². The Labute approximate surface area is 140 Å². The summed E-state index contributed by atoms with van der Waals surface area (Å²) in [5, 5.41) is 11.2. The van der Waals surface area contributed by atoms with Crippen molar-refractivity contribution in [3.8, 4) is 11.5 Å². The monoisotopic (exact) mass is 338 g/mol. The summed E-state index contributed by atoms with van der Waals surface area (Å²) in [5.41, 5.74) is 5.15. The van der Waals surface area contributed by atoms with Crippen molar-refractivity contribution < 1.29 is 23.9 Å². The van der Waals surface area contributed by atoms with E-state index in [-0.39, 0.29) is 23.6 Å². The van der Waals surface area contributed by atoms with E-state index in [1.54, 1.807) is 0 Å². The van der Waals surface area contributed by atoms with Gasteiger partial charge in [-0.15, -0.1) is 0 Å². The molecule has 0 aromatic heterocycles. The highest BCUT2D eigenvalue weighted by atomic mass is 16.6. The van der Waals surface area contributed by atoms with Gasteiger partial charge in [-0.2, -0.15) is 0 Å². The predicted molar refractivity (Wildman–Crippen MR) is 86.0 cm³/mol. The van der Waals surface area contributed by atoms with E-state index in [2.05, 4.69) is 0 Å². The van der Waals surface area contributed by atoms with E-state index >= 15 is 0 Å². The van der Waals surface area contributed by atoms with Crippen molar-refractivity contribution in [1.82, 2.24) is 0 Å². The Bertz CT molecular complexity index is 625. The zero-order chi connectivity index (χ0) is 17.7. The second kappa shape index (κ2) is 7.48. The maximum Gasteiger partial charge on any atom is 0.326 e. The number of carbonyl (C=O) groups is 1. The van der Waals surface area contributed by atoms with Gasteiger partial charge in [-0.3, -0.25) is 14.9 Å². The number of nitro benzene ring substituents is 1. The minimum Gasteiger partial charge on any atom is -0.493 e. The van der Waals surface area contributed by atoms with Crippen LogP contribution in [0.4, 0.5) is 5.69 Å². The second-order valence-electron chi connectivity index (χ2n) is 5.89. The van der Waals surface area contributed by atoms with Gasteiger partial charge in [-0.25, -0.2) is 0 Å². The number of hydrogen-bond acceptors (Lipinski definition) is 7. The molecule has 1 aliphatic rings. The van der Waals surface area contributed by atoms with Crippen LogP contribution in [0.1, 0.15) is 37.7 Å². The van der Waals surface area contributed by atoms with Crippen LogP contribution in [0.15, 0.2) is 12.1 Å². The van der Waals surface area contributed by atoms with E-state index in [0.717, 1.165) is 19.3 Å². The van der Waals surface area contributed by atoms with Crippen LogP contribution in [0.5, 0.6) is 11.5 Å². The van der Waals surface area contributed by atoms with E-state index in [9.17, 15) is 14.9 Å². The van der Waals surface area contributed by atoms with Gasteiger partial charge in [-0.05, 0) is 18.9 Å². The second-order valence-corrected chi connectivity index (χ2v) is 5.89. The fraction of sp³-hybridized carbons (Fsp3) is 0.562. The van der Waals surface area contributed by atoms with Crippen LogP contribution in [0.2, 0.25) is 0 Å². The Kier molecular flexibility index (Phi) is 5.61. The average molecular weight is 338 g/mol. The van der Waals surface area contributed by atoms with Crippen LogP contribution in [-0.2, 0) is 16.1 Å². The first kappa shape index (κ1) is 18.0. The molecule has 2 N–H and O–H groups in total. The number of nitrogens with two attached hydrogens (primary N) is 1. The molecule has 0 saturated heterocycles. The van der Waals surface area contributed by atoms with Crippen molar-refractivity contribution >= 4 is 11.7 Å². The smallest absolute Gasteiger partial charge is 0.326 e. The van der Waals surface area contributed by atoms with E-state index in [4.69, 9.17) is 19.9 Å². The number of nitrogens with zero attached hydrogens (tertiary/aromatic N) is 1. The molecule has 1 fully saturated rings. The standard InChI is InChI=1S/C16H22N2O6/c1-22-13-8-11(12(18(20)21)9-14(13)23-2)10-24-15(19)16(17)6-4-3-5-7-16/h8-9H,3-7,10,17H2,1-2H3. The topological polar surface area (TPSA) is 114 Å². The molecule has 0 unspecified atom stereocenters. The highest BCUT2D eigenvalue weighted by molar-refractivity contribution is 5.80. The number of carbonyl (C=O) groups excluding carboxylic acids is 1. The van der Waals surface area contributed by atoms with Crippen molar-refractivity contribution in [2.75, 3.05) is 14.2 Å². The molecule has 1 aromatic carbocycles. The van der Waals surface area contributed by atoms with E-state index in [1.165, 1.54) is 26.4 Å². The molecule has 0 aliphatic heterocycles. The molecule has 2 rings (SSSR count). The molecule has 1 saturated carbocycles.